The van der Waals surface area contributed by atoms with Gasteiger partial charge in [0.2, 0.25) is 0 Å². The fourth-order valence-electron chi connectivity index (χ4n) is 2.79. The van der Waals surface area contributed by atoms with E-state index in [1.165, 1.54) is 5.00 Å². The van der Waals surface area contributed by atoms with Crippen LogP contribution in [0.2, 0.25) is 0 Å². The minimum Gasteiger partial charge on any atom is -0.363 e. The summed E-state index contributed by atoms with van der Waals surface area (Å²) in [5.74, 6) is 0.962. The number of piperidine rings is 1. The highest BCUT2D eigenvalue weighted by Crippen LogP contribution is 2.24. The van der Waals surface area contributed by atoms with Crippen LogP contribution in [0, 0.1) is 0 Å². The van der Waals surface area contributed by atoms with E-state index in [-0.39, 0.29) is 24.0 Å². The molecule has 0 unspecified atom stereocenters. The number of aliphatic imine (C=N–C) groups is 1. The van der Waals surface area contributed by atoms with E-state index in [0.717, 1.165) is 51.5 Å². The van der Waals surface area contributed by atoms with Crippen LogP contribution in [0.4, 0.5) is 5.00 Å². The molecule has 0 amide bonds. The van der Waals surface area contributed by atoms with Crippen molar-refractivity contribution in [1.29, 1.82) is 0 Å². The highest BCUT2D eigenvalue weighted by atomic mass is 127. The maximum absolute atomic E-state index is 4.74. The normalized spacial score (nSPS) is 16.2. The van der Waals surface area contributed by atoms with E-state index in [4.69, 9.17) is 4.99 Å². The second-order valence-corrected chi connectivity index (χ2v) is 7.62. The first-order chi connectivity index (χ1) is 11.6. The van der Waals surface area contributed by atoms with Gasteiger partial charge in [-0.25, -0.2) is 0 Å². The first-order valence-corrected chi connectivity index (χ1v) is 10.0. The fraction of sp³-hybridized carbons (Fsp3) is 0.722. The maximum Gasteiger partial charge on any atom is 0.191 e. The van der Waals surface area contributed by atoms with Gasteiger partial charge in [-0.1, -0.05) is 0 Å². The minimum atomic E-state index is 0. The summed E-state index contributed by atoms with van der Waals surface area (Å²) in [5, 5.41) is 10.6. The van der Waals surface area contributed by atoms with Crippen molar-refractivity contribution in [3.8, 4) is 0 Å². The molecule has 0 bridgehead atoms. The molecule has 2 rings (SSSR count). The van der Waals surface area contributed by atoms with Crippen LogP contribution in [0.25, 0.3) is 0 Å². The van der Waals surface area contributed by atoms with Gasteiger partial charge in [-0.05, 0) is 58.2 Å². The third-order valence-corrected chi connectivity index (χ3v) is 5.53. The van der Waals surface area contributed by atoms with Crippen molar-refractivity contribution >= 4 is 46.3 Å². The lowest BCUT2D eigenvalue weighted by atomic mass is 10.1. The zero-order chi connectivity index (χ0) is 17.4. The van der Waals surface area contributed by atoms with Gasteiger partial charge in [0.15, 0.2) is 5.96 Å². The molecule has 1 aromatic rings. The number of halogens is 1. The predicted molar refractivity (Wildman–Crippen MR) is 122 cm³/mol. The molecule has 1 aliphatic rings. The van der Waals surface area contributed by atoms with Crippen molar-refractivity contribution in [3.05, 3.63) is 17.5 Å². The summed E-state index contributed by atoms with van der Waals surface area (Å²) in [6, 6.07) is 5.43. The lowest BCUT2D eigenvalue weighted by Gasteiger charge is -2.33. The lowest BCUT2D eigenvalue weighted by Crippen LogP contribution is -2.48. The number of guanidine groups is 1. The van der Waals surface area contributed by atoms with Gasteiger partial charge in [0.25, 0.3) is 0 Å². The molecule has 1 aromatic heterocycles. The molecule has 0 atom stereocenters. The first kappa shape index (κ1) is 22.5. The van der Waals surface area contributed by atoms with E-state index in [2.05, 4.69) is 65.8 Å². The van der Waals surface area contributed by atoms with Gasteiger partial charge >= 0.3 is 0 Å². The van der Waals surface area contributed by atoms with Crippen molar-refractivity contribution in [1.82, 2.24) is 15.5 Å². The quantitative estimate of drug-likeness (QED) is 0.358. The van der Waals surface area contributed by atoms with Gasteiger partial charge in [-0.15, -0.1) is 35.3 Å². The molecule has 2 N–H and O–H groups in total. The van der Waals surface area contributed by atoms with Gasteiger partial charge in [-0.2, -0.15) is 0 Å². The van der Waals surface area contributed by atoms with E-state index < -0.39 is 0 Å². The number of likely N-dealkylation sites (N-methyl/N-ethyl adjacent to an activating group) is 1. The molecule has 0 saturated carbocycles. The van der Waals surface area contributed by atoms with Crippen molar-refractivity contribution < 1.29 is 0 Å². The molecule has 7 heteroatoms. The topological polar surface area (TPSA) is 42.9 Å². The molecule has 0 aromatic carbocycles. The summed E-state index contributed by atoms with van der Waals surface area (Å²) in [6.45, 7) is 11.5. The Morgan fingerprint density at radius 2 is 2.12 bits per heavy atom. The Morgan fingerprint density at radius 1 is 1.40 bits per heavy atom. The minimum absolute atomic E-state index is 0. The fourth-order valence-corrected chi connectivity index (χ4v) is 3.57. The Morgan fingerprint density at radius 3 is 2.68 bits per heavy atom. The van der Waals surface area contributed by atoms with Crippen molar-refractivity contribution in [2.75, 3.05) is 44.7 Å². The van der Waals surface area contributed by atoms with E-state index in [1.54, 1.807) is 0 Å². The third kappa shape index (κ3) is 7.70. The Hall–Kier alpha value is -0.540. The smallest absolute Gasteiger partial charge is 0.191 e. The van der Waals surface area contributed by atoms with Crippen LogP contribution >= 0.6 is 35.3 Å². The zero-order valence-electron chi connectivity index (χ0n) is 16.0. The van der Waals surface area contributed by atoms with Crippen molar-refractivity contribution in [3.63, 3.8) is 0 Å². The first-order valence-electron chi connectivity index (χ1n) is 9.13. The van der Waals surface area contributed by atoms with Crippen LogP contribution in [0.5, 0.6) is 0 Å². The summed E-state index contributed by atoms with van der Waals surface area (Å²) >= 11 is 1.83. The summed E-state index contributed by atoms with van der Waals surface area (Å²) in [4.78, 5) is 9.56. The van der Waals surface area contributed by atoms with Gasteiger partial charge in [0.05, 0.1) is 11.5 Å². The van der Waals surface area contributed by atoms with Crippen molar-refractivity contribution in [2.24, 2.45) is 4.99 Å². The number of thiophene rings is 1. The van der Waals surface area contributed by atoms with Crippen molar-refractivity contribution in [2.45, 2.75) is 45.7 Å². The van der Waals surface area contributed by atoms with Crippen LogP contribution in [-0.4, -0.2) is 62.7 Å². The average Bonchev–Trinajstić information content (AvgIpc) is 3.10. The molecule has 2 heterocycles. The maximum atomic E-state index is 4.74. The molecule has 144 valence electrons. The summed E-state index contributed by atoms with van der Waals surface area (Å²) in [5.41, 5.74) is 0. The zero-order valence-corrected chi connectivity index (χ0v) is 19.1. The standard InChI is InChI=1S/C18H33N5S.HI/c1-5-19-18(20-10-13-22(4)15(2)3)21-16-8-11-23(12-9-16)17-7-6-14-24-17;/h6-7,14-16H,5,8-13H2,1-4H3,(H2,19,20,21);1H. The highest BCUT2D eigenvalue weighted by Gasteiger charge is 2.20. The molecular formula is C18H34IN5S. The number of hydrogen-bond donors (Lipinski definition) is 2. The van der Waals surface area contributed by atoms with E-state index in [9.17, 15) is 0 Å². The molecule has 5 nitrogen and oxygen atoms in total. The monoisotopic (exact) mass is 479 g/mol. The highest BCUT2D eigenvalue weighted by molar-refractivity contribution is 14.0. The van der Waals surface area contributed by atoms with Crippen LogP contribution in [0.1, 0.15) is 33.6 Å². The Bertz CT molecular complexity index is 484. The molecule has 1 saturated heterocycles. The Kier molecular flexibility index (Phi) is 10.8. The van der Waals surface area contributed by atoms with E-state index in [0.29, 0.717) is 12.1 Å². The van der Waals surface area contributed by atoms with Crippen LogP contribution in [0.3, 0.4) is 0 Å². The largest absolute Gasteiger partial charge is 0.363 e. The number of nitrogens with one attached hydrogen (secondary N) is 2. The van der Waals surface area contributed by atoms with E-state index in [1.807, 2.05) is 11.3 Å². The molecule has 0 aliphatic carbocycles. The Labute approximate surface area is 174 Å². The van der Waals surface area contributed by atoms with Crippen LogP contribution < -0.4 is 15.5 Å². The lowest BCUT2D eigenvalue weighted by molar-refractivity contribution is 0.282. The molecule has 0 radical (unpaired) electrons. The number of rotatable bonds is 7. The van der Waals surface area contributed by atoms with Gasteiger partial charge < -0.3 is 20.4 Å². The molecule has 1 aliphatic heterocycles. The molecular weight excluding hydrogens is 445 g/mol. The number of hydrogen-bond acceptors (Lipinski definition) is 4. The summed E-state index contributed by atoms with van der Waals surface area (Å²) in [7, 11) is 2.15. The van der Waals surface area contributed by atoms with Crippen LogP contribution in [0.15, 0.2) is 22.5 Å². The molecule has 1 fully saturated rings. The predicted octanol–water partition coefficient (Wildman–Crippen LogP) is 3.23. The summed E-state index contributed by atoms with van der Waals surface area (Å²) in [6.07, 6.45) is 2.32. The SMILES string of the molecule is CCNC(=NCCN(C)C(C)C)NC1CCN(c2cccs2)CC1.I. The third-order valence-electron chi connectivity index (χ3n) is 4.60. The van der Waals surface area contributed by atoms with E-state index >= 15 is 0 Å². The molecule has 0 spiro atoms. The average molecular weight is 479 g/mol. The van der Waals surface area contributed by atoms with Gasteiger partial charge in [-0.3, -0.25) is 4.99 Å². The van der Waals surface area contributed by atoms with Gasteiger partial charge in [0, 0.05) is 38.3 Å². The Balaban J connectivity index is 0.00000312. The second-order valence-electron chi connectivity index (χ2n) is 6.69. The molecule has 25 heavy (non-hydrogen) atoms. The summed E-state index contributed by atoms with van der Waals surface area (Å²) < 4.78 is 0. The van der Waals surface area contributed by atoms with Gasteiger partial charge in [0.1, 0.15) is 0 Å². The van der Waals surface area contributed by atoms with Crippen LogP contribution in [-0.2, 0) is 0 Å². The number of anilines is 1. The number of nitrogens with zero attached hydrogens (tertiary/aromatic N) is 3. The second kappa shape index (κ2) is 12.0.